The van der Waals surface area contributed by atoms with Crippen LogP contribution in [0.1, 0.15) is 11.1 Å². The normalized spacial score (nSPS) is 13.7. The van der Waals surface area contributed by atoms with E-state index in [0.29, 0.717) is 26.2 Å². The van der Waals surface area contributed by atoms with Crippen LogP contribution in [0.25, 0.3) is 0 Å². The van der Waals surface area contributed by atoms with Crippen LogP contribution in [0, 0.1) is 0 Å². The highest BCUT2D eigenvalue weighted by atomic mass is 32.3. The van der Waals surface area contributed by atoms with E-state index >= 15 is 0 Å². The molecule has 0 bridgehead atoms. The summed E-state index contributed by atoms with van der Waals surface area (Å²) in [6, 6.07) is 3.81. The highest BCUT2D eigenvalue weighted by molar-refractivity contribution is 7.79. The number of rotatable bonds is 9. The quantitative estimate of drug-likeness (QED) is 0.331. The van der Waals surface area contributed by atoms with E-state index in [1.807, 2.05) is 18.2 Å². The van der Waals surface area contributed by atoms with Gasteiger partial charge in [0.2, 0.25) is 0 Å². The standard InChI is InChI=1S/C17H22O4.H2O4S/c1-3-5-14-15-8-10-20-16(15)6-7-17(14)21-13(11-18)12-19-9-4-2;1-5(2,3)4/h3-4,6-7,13,18H,1-2,5,8-12H2;(H2,1,2,3,4). The zero-order chi connectivity index (χ0) is 19.6. The Morgan fingerprint density at radius 3 is 2.54 bits per heavy atom. The first-order chi connectivity index (χ1) is 12.3. The van der Waals surface area contributed by atoms with Crippen LogP contribution in [0.2, 0.25) is 0 Å². The van der Waals surface area contributed by atoms with Crippen LogP contribution in [0.3, 0.4) is 0 Å². The summed E-state index contributed by atoms with van der Waals surface area (Å²) in [4.78, 5) is 0. The second-order valence-electron chi connectivity index (χ2n) is 5.31. The summed E-state index contributed by atoms with van der Waals surface area (Å²) in [5.74, 6) is 1.68. The maximum Gasteiger partial charge on any atom is 0.394 e. The van der Waals surface area contributed by atoms with Gasteiger partial charge in [0, 0.05) is 17.5 Å². The third-order valence-electron chi connectivity index (χ3n) is 3.34. The molecule has 0 spiro atoms. The molecule has 1 unspecified atom stereocenters. The summed E-state index contributed by atoms with van der Waals surface area (Å²) >= 11 is 0. The Hall–Kier alpha value is -1.91. The van der Waals surface area contributed by atoms with Gasteiger partial charge in [-0.25, -0.2) is 0 Å². The highest BCUT2D eigenvalue weighted by Gasteiger charge is 2.21. The zero-order valence-electron chi connectivity index (χ0n) is 14.3. The summed E-state index contributed by atoms with van der Waals surface area (Å²) < 4.78 is 48.4. The number of fused-ring (bicyclic) bond motifs is 1. The third-order valence-corrected chi connectivity index (χ3v) is 3.34. The molecule has 0 aromatic heterocycles. The number of ether oxygens (including phenoxy) is 3. The van der Waals surface area contributed by atoms with Crippen LogP contribution in [0.15, 0.2) is 37.4 Å². The Kier molecular flexibility index (Phi) is 9.31. The van der Waals surface area contributed by atoms with E-state index < -0.39 is 16.5 Å². The fourth-order valence-electron chi connectivity index (χ4n) is 2.39. The maximum atomic E-state index is 9.43. The predicted molar refractivity (Wildman–Crippen MR) is 96.2 cm³/mol. The van der Waals surface area contributed by atoms with Crippen LogP contribution >= 0.6 is 0 Å². The lowest BCUT2D eigenvalue weighted by atomic mass is 10.0. The SMILES string of the molecule is C=CCOCC(CO)Oc1ccc2c(c1CC=C)CCO2.O=S(=O)(O)O. The molecule has 1 aromatic carbocycles. The molecule has 0 aliphatic carbocycles. The molecule has 0 saturated heterocycles. The molecular weight excluding hydrogens is 364 g/mol. The topological polar surface area (TPSA) is 123 Å². The van der Waals surface area contributed by atoms with Crippen molar-refractivity contribution in [2.24, 2.45) is 0 Å². The van der Waals surface area contributed by atoms with E-state index in [1.54, 1.807) is 6.08 Å². The summed E-state index contributed by atoms with van der Waals surface area (Å²) in [7, 11) is -4.67. The minimum absolute atomic E-state index is 0.0990. The number of allylic oxidation sites excluding steroid dienone is 1. The van der Waals surface area contributed by atoms with Crippen LogP contribution in [0.4, 0.5) is 0 Å². The number of benzene rings is 1. The molecule has 1 heterocycles. The van der Waals surface area contributed by atoms with E-state index in [2.05, 4.69) is 13.2 Å². The molecular formula is C17H24O8S. The van der Waals surface area contributed by atoms with Gasteiger partial charge >= 0.3 is 10.4 Å². The van der Waals surface area contributed by atoms with Gasteiger partial charge in [-0.3, -0.25) is 9.11 Å². The van der Waals surface area contributed by atoms with Crippen molar-refractivity contribution in [1.82, 2.24) is 0 Å². The van der Waals surface area contributed by atoms with Gasteiger partial charge in [-0.1, -0.05) is 12.2 Å². The van der Waals surface area contributed by atoms with Gasteiger partial charge in [-0.15, -0.1) is 13.2 Å². The summed E-state index contributed by atoms with van der Waals surface area (Å²) in [5, 5.41) is 9.43. The number of aliphatic hydroxyl groups is 1. The Bertz CT molecular complexity index is 691. The van der Waals surface area contributed by atoms with Crippen LogP contribution < -0.4 is 9.47 Å². The van der Waals surface area contributed by atoms with Gasteiger partial charge in [0.15, 0.2) is 0 Å². The first kappa shape index (κ1) is 22.1. The molecule has 1 aliphatic rings. The van der Waals surface area contributed by atoms with E-state index in [-0.39, 0.29) is 6.61 Å². The van der Waals surface area contributed by atoms with Crippen molar-refractivity contribution in [3.05, 3.63) is 48.6 Å². The lowest BCUT2D eigenvalue weighted by Gasteiger charge is -2.20. The minimum Gasteiger partial charge on any atom is -0.493 e. The molecule has 0 radical (unpaired) electrons. The molecule has 0 fully saturated rings. The number of aliphatic hydroxyl groups excluding tert-OH is 1. The molecule has 146 valence electrons. The van der Waals surface area contributed by atoms with Gasteiger partial charge in [-0.2, -0.15) is 8.42 Å². The molecule has 1 atom stereocenters. The van der Waals surface area contributed by atoms with Gasteiger partial charge in [0.05, 0.1) is 26.4 Å². The monoisotopic (exact) mass is 388 g/mol. The van der Waals surface area contributed by atoms with Crippen molar-refractivity contribution in [3.63, 3.8) is 0 Å². The molecule has 3 N–H and O–H groups in total. The smallest absolute Gasteiger partial charge is 0.394 e. The highest BCUT2D eigenvalue weighted by Crippen LogP contribution is 2.35. The largest absolute Gasteiger partial charge is 0.493 e. The molecule has 8 nitrogen and oxygen atoms in total. The lowest BCUT2D eigenvalue weighted by Crippen LogP contribution is -2.27. The summed E-state index contributed by atoms with van der Waals surface area (Å²) in [6.45, 7) is 8.76. The summed E-state index contributed by atoms with van der Waals surface area (Å²) in [6.07, 6.45) is 4.72. The van der Waals surface area contributed by atoms with Gasteiger partial charge in [-0.05, 0) is 18.6 Å². The van der Waals surface area contributed by atoms with E-state index in [1.165, 1.54) is 5.56 Å². The van der Waals surface area contributed by atoms with Crippen molar-refractivity contribution in [3.8, 4) is 11.5 Å². The summed E-state index contributed by atoms with van der Waals surface area (Å²) in [5.41, 5.74) is 2.26. The molecule has 1 aliphatic heterocycles. The number of hydrogen-bond acceptors (Lipinski definition) is 6. The fourth-order valence-corrected chi connectivity index (χ4v) is 2.39. The predicted octanol–water partition coefficient (Wildman–Crippen LogP) is 1.64. The average molecular weight is 388 g/mol. The number of hydrogen-bond donors (Lipinski definition) is 3. The van der Waals surface area contributed by atoms with Crippen molar-refractivity contribution >= 4 is 10.4 Å². The molecule has 0 saturated carbocycles. The molecule has 26 heavy (non-hydrogen) atoms. The zero-order valence-corrected chi connectivity index (χ0v) is 15.2. The van der Waals surface area contributed by atoms with Crippen LogP contribution in [-0.2, 0) is 28.0 Å². The first-order valence-electron chi connectivity index (χ1n) is 7.84. The molecule has 9 heteroatoms. The van der Waals surface area contributed by atoms with Crippen molar-refractivity contribution < 1.29 is 36.8 Å². The fraction of sp³-hybridized carbons (Fsp3) is 0.412. The Balaban J connectivity index is 0.000000597. The third kappa shape index (κ3) is 7.98. The second-order valence-corrected chi connectivity index (χ2v) is 6.20. The Morgan fingerprint density at radius 2 is 1.96 bits per heavy atom. The van der Waals surface area contributed by atoms with Gasteiger partial charge in [0.1, 0.15) is 17.6 Å². The Morgan fingerprint density at radius 1 is 1.27 bits per heavy atom. The van der Waals surface area contributed by atoms with Crippen molar-refractivity contribution in [2.75, 3.05) is 26.4 Å². The van der Waals surface area contributed by atoms with E-state index in [9.17, 15) is 5.11 Å². The average Bonchev–Trinajstić information content (AvgIpc) is 3.03. The van der Waals surface area contributed by atoms with Crippen molar-refractivity contribution in [1.29, 1.82) is 0 Å². The van der Waals surface area contributed by atoms with Crippen molar-refractivity contribution in [2.45, 2.75) is 18.9 Å². The van der Waals surface area contributed by atoms with Gasteiger partial charge in [0.25, 0.3) is 0 Å². The van der Waals surface area contributed by atoms with Gasteiger partial charge < -0.3 is 19.3 Å². The Labute approximate surface area is 153 Å². The van der Waals surface area contributed by atoms with Crippen LogP contribution in [-0.4, -0.2) is 55.2 Å². The van der Waals surface area contributed by atoms with Crippen LogP contribution in [0.5, 0.6) is 11.5 Å². The molecule has 2 rings (SSSR count). The van der Waals surface area contributed by atoms with E-state index in [4.69, 9.17) is 31.7 Å². The lowest BCUT2D eigenvalue weighted by molar-refractivity contribution is 0.0293. The van der Waals surface area contributed by atoms with E-state index in [0.717, 1.165) is 23.5 Å². The maximum absolute atomic E-state index is 9.43. The second kappa shape index (κ2) is 10.9. The minimum atomic E-state index is -4.67. The first-order valence-corrected chi connectivity index (χ1v) is 9.24. The molecule has 0 amide bonds. The molecule has 1 aromatic rings.